The molecule has 0 aromatic heterocycles. The summed E-state index contributed by atoms with van der Waals surface area (Å²) in [5, 5.41) is 14.9. The fourth-order valence-electron chi connectivity index (χ4n) is 4.19. The third-order valence-corrected chi connectivity index (χ3v) is 7.64. The van der Waals surface area contributed by atoms with Crippen molar-refractivity contribution in [3.8, 4) is 11.5 Å². The Bertz CT molecular complexity index is 946. The fraction of sp³-hybridized carbons (Fsp3) is 0.480. The highest BCUT2D eigenvalue weighted by molar-refractivity contribution is 9.10. The largest absolute Gasteiger partial charge is 0.493 e. The summed E-state index contributed by atoms with van der Waals surface area (Å²) in [5.74, 6) is 2.00. The van der Waals surface area contributed by atoms with Crippen LogP contribution in [-0.2, 0) is 0 Å². The number of nitrogens with one attached hydrogen (secondary N) is 1. The minimum Gasteiger partial charge on any atom is -0.493 e. The molecule has 1 amide bonds. The van der Waals surface area contributed by atoms with Gasteiger partial charge in [0.05, 0.1) is 11.6 Å². The molecule has 0 atom stereocenters. The van der Waals surface area contributed by atoms with E-state index in [1.807, 2.05) is 24.3 Å². The van der Waals surface area contributed by atoms with Crippen LogP contribution in [0.3, 0.4) is 0 Å². The van der Waals surface area contributed by atoms with Crippen molar-refractivity contribution in [3.63, 3.8) is 0 Å². The molecule has 0 saturated carbocycles. The lowest BCUT2D eigenvalue weighted by molar-refractivity contribution is -0.0475. The number of aliphatic hydroxyl groups is 1. The smallest absolute Gasteiger partial charge is 0.253 e. The van der Waals surface area contributed by atoms with Crippen LogP contribution in [-0.4, -0.2) is 60.9 Å². The van der Waals surface area contributed by atoms with Crippen molar-refractivity contribution in [2.75, 3.05) is 39.4 Å². The van der Waals surface area contributed by atoms with Gasteiger partial charge in [-0.3, -0.25) is 4.79 Å². The first-order valence-corrected chi connectivity index (χ1v) is 12.6. The molecule has 2 aromatic rings. The minimum absolute atomic E-state index is 0. The Hall–Kier alpha value is -1.51. The first kappa shape index (κ1) is 27.1. The molecule has 0 unspecified atom stereocenters. The number of hydrogen-bond acceptors (Lipinski definition) is 5. The summed E-state index contributed by atoms with van der Waals surface area (Å²) in [5.41, 5.74) is -0.327. The molecule has 4 rings (SSSR count). The van der Waals surface area contributed by atoms with Crippen molar-refractivity contribution in [1.82, 2.24) is 10.2 Å². The van der Waals surface area contributed by atoms with E-state index in [-0.39, 0.29) is 24.9 Å². The number of piperidine rings is 2. The summed E-state index contributed by atoms with van der Waals surface area (Å²) < 4.78 is 12.5. The number of amides is 1. The van der Waals surface area contributed by atoms with E-state index in [1.165, 1.54) is 0 Å². The molecule has 0 spiro atoms. The van der Waals surface area contributed by atoms with E-state index >= 15 is 0 Å². The molecule has 186 valence electrons. The number of rotatable bonds is 7. The summed E-state index contributed by atoms with van der Waals surface area (Å²) in [4.78, 5) is 14.7. The van der Waals surface area contributed by atoms with Crippen molar-refractivity contribution in [1.29, 1.82) is 0 Å². The second-order valence-electron chi connectivity index (χ2n) is 8.91. The Kier molecular flexibility index (Phi) is 9.92. The standard InChI is InChI=1S/C25H30BrClN2O4.ClH/c26-22-15-21(5-6-23(22)27)33-17-25(31)9-13-29(14-10-25)24(30)19-1-3-20(4-2-19)32-16-18-7-11-28-12-8-18;/h1-6,15,18,28,31H,7-14,16-17H2;1H. The van der Waals surface area contributed by atoms with Crippen molar-refractivity contribution in [2.24, 2.45) is 5.92 Å². The highest BCUT2D eigenvalue weighted by Crippen LogP contribution is 2.29. The molecule has 0 bridgehead atoms. The first-order chi connectivity index (χ1) is 15.9. The SMILES string of the molecule is Cl.O=C(c1ccc(OCC2CCNCC2)cc1)N1CCC(O)(COc2ccc(Cl)c(Br)c2)CC1. The van der Waals surface area contributed by atoms with Gasteiger partial charge in [0, 0.05) is 23.1 Å². The zero-order valence-electron chi connectivity index (χ0n) is 19.0. The van der Waals surface area contributed by atoms with Crippen LogP contribution in [0.2, 0.25) is 5.02 Å². The number of likely N-dealkylation sites (tertiary alicyclic amines) is 1. The maximum Gasteiger partial charge on any atom is 0.253 e. The Balaban J connectivity index is 0.00000324. The Morgan fingerprint density at radius 3 is 2.38 bits per heavy atom. The molecule has 6 nitrogen and oxygen atoms in total. The van der Waals surface area contributed by atoms with Crippen LogP contribution in [0.25, 0.3) is 0 Å². The molecule has 2 aliphatic heterocycles. The number of ether oxygens (including phenoxy) is 2. The fourth-order valence-corrected chi connectivity index (χ4v) is 4.67. The van der Waals surface area contributed by atoms with Gasteiger partial charge in [-0.2, -0.15) is 0 Å². The normalized spacial score (nSPS) is 18.1. The number of halogens is 3. The molecule has 2 heterocycles. The predicted molar refractivity (Wildman–Crippen MR) is 140 cm³/mol. The van der Waals surface area contributed by atoms with Gasteiger partial charge in [-0.05, 0) is 103 Å². The third-order valence-electron chi connectivity index (χ3n) is 6.43. The van der Waals surface area contributed by atoms with Crippen LogP contribution in [0.1, 0.15) is 36.0 Å². The van der Waals surface area contributed by atoms with Crippen LogP contribution in [0.5, 0.6) is 11.5 Å². The van der Waals surface area contributed by atoms with E-state index in [9.17, 15) is 9.90 Å². The lowest BCUT2D eigenvalue weighted by atomic mass is 9.92. The lowest BCUT2D eigenvalue weighted by Crippen LogP contribution is -2.49. The Morgan fingerprint density at radius 2 is 1.74 bits per heavy atom. The number of carbonyl (C=O) groups excluding carboxylic acids is 1. The van der Waals surface area contributed by atoms with Gasteiger partial charge in [-0.25, -0.2) is 0 Å². The van der Waals surface area contributed by atoms with Crippen molar-refractivity contribution in [3.05, 3.63) is 57.5 Å². The molecule has 9 heteroatoms. The van der Waals surface area contributed by atoms with Gasteiger partial charge >= 0.3 is 0 Å². The van der Waals surface area contributed by atoms with Crippen LogP contribution in [0.4, 0.5) is 0 Å². The molecular weight excluding hydrogens is 543 g/mol. The maximum atomic E-state index is 12.9. The van der Waals surface area contributed by atoms with Gasteiger partial charge in [0.25, 0.3) is 5.91 Å². The van der Waals surface area contributed by atoms with Gasteiger partial charge < -0.3 is 24.8 Å². The highest BCUT2D eigenvalue weighted by atomic mass is 79.9. The lowest BCUT2D eigenvalue weighted by Gasteiger charge is -2.38. The topological polar surface area (TPSA) is 71.0 Å². The van der Waals surface area contributed by atoms with Crippen LogP contribution < -0.4 is 14.8 Å². The molecule has 2 N–H and O–H groups in total. The maximum absolute atomic E-state index is 12.9. The summed E-state index contributed by atoms with van der Waals surface area (Å²) in [6.45, 7) is 3.96. The van der Waals surface area contributed by atoms with E-state index in [0.717, 1.165) is 36.2 Å². The van der Waals surface area contributed by atoms with Gasteiger partial charge in [-0.1, -0.05) is 11.6 Å². The summed E-state index contributed by atoms with van der Waals surface area (Å²) in [6.07, 6.45) is 3.20. The Morgan fingerprint density at radius 1 is 1.09 bits per heavy atom. The van der Waals surface area contributed by atoms with Crippen LogP contribution in [0.15, 0.2) is 46.9 Å². The van der Waals surface area contributed by atoms with Gasteiger partial charge in [-0.15, -0.1) is 12.4 Å². The van der Waals surface area contributed by atoms with Crippen LogP contribution in [0, 0.1) is 5.92 Å². The second kappa shape index (κ2) is 12.5. The zero-order valence-corrected chi connectivity index (χ0v) is 22.1. The average molecular weight is 574 g/mol. The number of hydrogen-bond donors (Lipinski definition) is 2. The summed E-state index contributed by atoms with van der Waals surface area (Å²) >= 11 is 9.39. The van der Waals surface area contributed by atoms with E-state index in [1.54, 1.807) is 23.1 Å². The van der Waals surface area contributed by atoms with Crippen molar-refractivity contribution < 1.29 is 19.4 Å². The molecule has 2 fully saturated rings. The summed E-state index contributed by atoms with van der Waals surface area (Å²) in [7, 11) is 0. The average Bonchev–Trinajstić information content (AvgIpc) is 2.85. The quantitative estimate of drug-likeness (QED) is 0.490. The first-order valence-electron chi connectivity index (χ1n) is 11.4. The number of nitrogens with zero attached hydrogens (tertiary/aromatic N) is 1. The molecule has 2 aromatic carbocycles. The highest BCUT2D eigenvalue weighted by Gasteiger charge is 2.35. The predicted octanol–water partition coefficient (Wildman–Crippen LogP) is 4.95. The molecular formula is C25H31BrCl2N2O4. The second-order valence-corrected chi connectivity index (χ2v) is 10.2. The number of benzene rings is 2. The molecule has 0 aliphatic carbocycles. The monoisotopic (exact) mass is 572 g/mol. The summed E-state index contributed by atoms with van der Waals surface area (Å²) in [6, 6.07) is 12.7. The molecule has 34 heavy (non-hydrogen) atoms. The van der Waals surface area contributed by atoms with Gasteiger partial charge in [0.1, 0.15) is 23.7 Å². The third kappa shape index (κ3) is 7.25. The number of carbonyl (C=O) groups is 1. The van der Waals surface area contributed by atoms with Gasteiger partial charge in [0.15, 0.2) is 0 Å². The van der Waals surface area contributed by atoms with E-state index in [0.29, 0.717) is 54.8 Å². The van der Waals surface area contributed by atoms with E-state index in [2.05, 4.69) is 21.2 Å². The van der Waals surface area contributed by atoms with Crippen LogP contribution >= 0.6 is 39.9 Å². The van der Waals surface area contributed by atoms with Gasteiger partial charge in [0.2, 0.25) is 0 Å². The Labute approximate surface area is 220 Å². The van der Waals surface area contributed by atoms with Crippen molar-refractivity contribution in [2.45, 2.75) is 31.3 Å². The van der Waals surface area contributed by atoms with E-state index < -0.39 is 5.60 Å². The van der Waals surface area contributed by atoms with E-state index in [4.69, 9.17) is 21.1 Å². The molecule has 2 aliphatic rings. The molecule has 2 saturated heterocycles. The van der Waals surface area contributed by atoms with Crippen molar-refractivity contribution >= 4 is 45.8 Å². The minimum atomic E-state index is -0.963. The zero-order chi connectivity index (χ0) is 23.3. The molecule has 0 radical (unpaired) electrons.